The van der Waals surface area contributed by atoms with Crippen LogP contribution in [0, 0.1) is 6.92 Å². The van der Waals surface area contributed by atoms with Gasteiger partial charge in [0, 0.05) is 32.3 Å². The monoisotopic (exact) mass is 325 g/mol. The zero-order valence-corrected chi connectivity index (χ0v) is 14.1. The lowest BCUT2D eigenvalue weighted by Crippen LogP contribution is -2.33. The van der Waals surface area contributed by atoms with Gasteiger partial charge in [-0.05, 0) is 42.8 Å². The molecular formula is C19H19NO4. The summed E-state index contributed by atoms with van der Waals surface area (Å²) in [7, 11) is 3.91. The van der Waals surface area contributed by atoms with Gasteiger partial charge in [0.25, 0.3) is 0 Å². The minimum atomic E-state index is -1.53. The largest absolute Gasteiger partial charge is 0.414 e. The van der Waals surface area contributed by atoms with Crippen molar-refractivity contribution in [1.82, 2.24) is 0 Å². The fourth-order valence-corrected chi connectivity index (χ4v) is 3.10. The Morgan fingerprint density at radius 1 is 1.17 bits per heavy atom. The van der Waals surface area contributed by atoms with E-state index in [1.54, 1.807) is 24.3 Å². The number of carbonyl (C=O) groups is 2. The molecule has 1 aliphatic heterocycles. The van der Waals surface area contributed by atoms with Gasteiger partial charge in [0.2, 0.25) is 0 Å². The van der Waals surface area contributed by atoms with E-state index in [-0.39, 0.29) is 0 Å². The van der Waals surface area contributed by atoms with Crippen LogP contribution in [0.4, 0.5) is 5.69 Å². The van der Waals surface area contributed by atoms with Crippen LogP contribution in [0.5, 0.6) is 0 Å². The van der Waals surface area contributed by atoms with Crippen molar-refractivity contribution in [2.24, 2.45) is 0 Å². The molecule has 0 aliphatic carbocycles. The van der Waals surface area contributed by atoms with Crippen molar-refractivity contribution < 1.29 is 19.1 Å². The van der Waals surface area contributed by atoms with E-state index < -0.39 is 17.7 Å². The number of cyclic esters (lactones) is 1. The smallest absolute Gasteiger partial charge is 0.342 e. The number of aryl methyl sites for hydroxylation is 1. The van der Waals surface area contributed by atoms with Gasteiger partial charge in [-0.1, -0.05) is 12.1 Å². The molecule has 0 aromatic heterocycles. The molecule has 0 bridgehead atoms. The molecule has 2 aromatic rings. The summed E-state index contributed by atoms with van der Waals surface area (Å²) in [5.41, 5.74) is 3.59. The van der Waals surface area contributed by atoms with E-state index in [1.807, 2.05) is 44.1 Å². The molecule has 0 N–H and O–H groups in total. The molecule has 2 aromatic carbocycles. The average molecular weight is 325 g/mol. The molecule has 0 saturated carbocycles. The third kappa shape index (κ3) is 2.42. The minimum Gasteiger partial charge on any atom is -0.414 e. The first-order valence-electron chi connectivity index (χ1n) is 7.66. The van der Waals surface area contributed by atoms with E-state index in [0.29, 0.717) is 16.7 Å². The SMILES string of the molecule is CC(=O)OC1(c2ccc(N(C)C)c(C)c2)OC(=O)c2ccccc21. The van der Waals surface area contributed by atoms with E-state index in [1.165, 1.54) is 6.92 Å². The molecular weight excluding hydrogens is 306 g/mol. The molecule has 0 spiro atoms. The average Bonchev–Trinajstić information content (AvgIpc) is 2.80. The highest BCUT2D eigenvalue weighted by atomic mass is 16.7. The Morgan fingerprint density at radius 3 is 2.50 bits per heavy atom. The van der Waals surface area contributed by atoms with Gasteiger partial charge in [0.15, 0.2) is 0 Å². The Kier molecular flexibility index (Phi) is 3.79. The third-order valence-electron chi connectivity index (χ3n) is 4.08. The van der Waals surface area contributed by atoms with Crippen molar-refractivity contribution in [1.29, 1.82) is 0 Å². The molecule has 5 heteroatoms. The first kappa shape index (κ1) is 16.1. The standard InChI is InChI=1S/C19H19NO4/c1-12-11-14(9-10-17(12)20(3)4)19(23-13(2)21)16-8-6-5-7-15(16)18(22)24-19/h5-11H,1-4H3. The predicted molar refractivity (Wildman–Crippen MR) is 89.9 cm³/mol. The van der Waals surface area contributed by atoms with Crippen LogP contribution < -0.4 is 4.90 Å². The van der Waals surface area contributed by atoms with Crippen molar-refractivity contribution >= 4 is 17.6 Å². The molecule has 5 nitrogen and oxygen atoms in total. The molecule has 1 aliphatic rings. The Balaban J connectivity index is 2.21. The molecule has 0 amide bonds. The minimum absolute atomic E-state index is 0.410. The number of esters is 2. The fraction of sp³-hybridized carbons (Fsp3) is 0.263. The highest BCUT2D eigenvalue weighted by Crippen LogP contribution is 2.43. The Labute approximate surface area is 140 Å². The van der Waals surface area contributed by atoms with Crippen LogP contribution in [0.2, 0.25) is 0 Å². The van der Waals surface area contributed by atoms with Crippen molar-refractivity contribution in [3.63, 3.8) is 0 Å². The van der Waals surface area contributed by atoms with Crippen molar-refractivity contribution in [3.8, 4) is 0 Å². The fourth-order valence-electron chi connectivity index (χ4n) is 3.10. The van der Waals surface area contributed by atoms with Crippen LogP contribution in [0.3, 0.4) is 0 Å². The highest BCUT2D eigenvalue weighted by Gasteiger charge is 2.50. The van der Waals surface area contributed by atoms with Gasteiger partial charge < -0.3 is 14.4 Å². The normalized spacial score (nSPS) is 18.8. The molecule has 1 unspecified atom stereocenters. The van der Waals surface area contributed by atoms with Crippen LogP contribution in [-0.4, -0.2) is 26.0 Å². The zero-order valence-electron chi connectivity index (χ0n) is 14.1. The van der Waals surface area contributed by atoms with E-state index in [4.69, 9.17) is 9.47 Å². The van der Waals surface area contributed by atoms with E-state index in [0.717, 1.165) is 11.3 Å². The predicted octanol–water partition coefficient (Wildman–Crippen LogP) is 3.00. The first-order chi connectivity index (χ1) is 11.3. The summed E-state index contributed by atoms with van der Waals surface area (Å²) < 4.78 is 11.1. The van der Waals surface area contributed by atoms with Crippen molar-refractivity contribution in [3.05, 3.63) is 64.7 Å². The number of fused-ring (bicyclic) bond motifs is 1. The van der Waals surface area contributed by atoms with E-state index in [2.05, 4.69) is 0 Å². The van der Waals surface area contributed by atoms with Crippen LogP contribution in [0.15, 0.2) is 42.5 Å². The maximum absolute atomic E-state index is 12.3. The summed E-state index contributed by atoms with van der Waals surface area (Å²) in [5, 5.41) is 0. The molecule has 0 radical (unpaired) electrons. The summed E-state index contributed by atoms with van der Waals surface area (Å²) in [6.45, 7) is 3.26. The van der Waals surface area contributed by atoms with Gasteiger partial charge in [-0.25, -0.2) is 4.79 Å². The van der Waals surface area contributed by atoms with E-state index >= 15 is 0 Å². The number of hydrogen-bond donors (Lipinski definition) is 0. The lowest BCUT2D eigenvalue weighted by molar-refractivity contribution is -0.191. The molecule has 0 fully saturated rings. The highest BCUT2D eigenvalue weighted by molar-refractivity contribution is 5.95. The van der Waals surface area contributed by atoms with Gasteiger partial charge in [-0.15, -0.1) is 0 Å². The number of benzene rings is 2. The summed E-state index contributed by atoms with van der Waals surface area (Å²) in [4.78, 5) is 26.0. The lowest BCUT2D eigenvalue weighted by atomic mass is 9.94. The van der Waals surface area contributed by atoms with Crippen molar-refractivity contribution in [2.75, 3.05) is 19.0 Å². The number of rotatable bonds is 3. The summed E-state index contributed by atoms with van der Waals surface area (Å²) in [5.74, 6) is -2.55. The molecule has 124 valence electrons. The zero-order chi connectivity index (χ0) is 17.5. The van der Waals surface area contributed by atoms with Crippen LogP contribution in [0.1, 0.15) is 34.0 Å². The second-order valence-electron chi connectivity index (χ2n) is 6.04. The summed E-state index contributed by atoms with van der Waals surface area (Å²) in [6.07, 6.45) is 0. The van der Waals surface area contributed by atoms with Gasteiger partial charge in [-0.2, -0.15) is 0 Å². The van der Waals surface area contributed by atoms with Gasteiger partial charge in [0.05, 0.1) is 11.1 Å². The number of anilines is 1. The Bertz CT molecular complexity index is 824. The number of nitrogens with zero attached hydrogens (tertiary/aromatic N) is 1. The molecule has 1 atom stereocenters. The van der Waals surface area contributed by atoms with E-state index in [9.17, 15) is 9.59 Å². The maximum Gasteiger partial charge on any atom is 0.342 e. The van der Waals surface area contributed by atoms with Gasteiger partial charge in [-0.3, -0.25) is 4.79 Å². The van der Waals surface area contributed by atoms with Crippen LogP contribution in [0.25, 0.3) is 0 Å². The molecule has 1 heterocycles. The third-order valence-corrected chi connectivity index (χ3v) is 4.08. The van der Waals surface area contributed by atoms with Crippen LogP contribution in [-0.2, 0) is 20.1 Å². The number of ether oxygens (including phenoxy) is 2. The quantitative estimate of drug-likeness (QED) is 0.812. The lowest BCUT2D eigenvalue weighted by Gasteiger charge is -2.29. The van der Waals surface area contributed by atoms with Crippen LogP contribution >= 0.6 is 0 Å². The van der Waals surface area contributed by atoms with Gasteiger partial charge in [0.1, 0.15) is 0 Å². The van der Waals surface area contributed by atoms with Crippen molar-refractivity contribution in [2.45, 2.75) is 19.6 Å². The number of carbonyl (C=O) groups excluding carboxylic acids is 2. The molecule has 0 saturated heterocycles. The molecule has 3 rings (SSSR count). The molecule has 24 heavy (non-hydrogen) atoms. The maximum atomic E-state index is 12.3. The topological polar surface area (TPSA) is 55.8 Å². The second kappa shape index (κ2) is 5.67. The first-order valence-corrected chi connectivity index (χ1v) is 7.66. The van der Waals surface area contributed by atoms with Gasteiger partial charge >= 0.3 is 17.7 Å². The summed E-state index contributed by atoms with van der Waals surface area (Å²) in [6, 6.07) is 12.6. The Morgan fingerprint density at radius 2 is 1.88 bits per heavy atom. The second-order valence-corrected chi connectivity index (χ2v) is 6.04. The Hall–Kier alpha value is -2.82. The number of hydrogen-bond acceptors (Lipinski definition) is 5. The summed E-state index contributed by atoms with van der Waals surface area (Å²) >= 11 is 0.